The van der Waals surface area contributed by atoms with Crippen molar-refractivity contribution in [2.24, 2.45) is 0 Å². The molecule has 1 N–H and O–H groups in total. The Morgan fingerprint density at radius 3 is 2.59 bits per heavy atom. The lowest BCUT2D eigenvalue weighted by atomic mass is 10.3. The van der Waals surface area contributed by atoms with Crippen LogP contribution in [-0.4, -0.2) is 29.1 Å². The number of rotatable bonds is 6. The van der Waals surface area contributed by atoms with Gasteiger partial charge >= 0.3 is 0 Å². The van der Waals surface area contributed by atoms with Crippen LogP contribution in [0, 0.1) is 6.92 Å². The monoisotopic (exact) mass is 234 g/mol. The largest absolute Gasteiger partial charge is 0.341 e. The van der Waals surface area contributed by atoms with Crippen LogP contribution < -0.4 is 10.2 Å². The van der Waals surface area contributed by atoms with Gasteiger partial charge in [-0.15, -0.1) is 0 Å². The molecule has 0 bridgehead atoms. The number of hydrogen-bond donors (Lipinski definition) is 1. The van der Waals surface area contributed by atoms with E-state index in [1.54, 1.807) is 0 Å². The van der Waals surface area contributed by atoms with Crippen LogP contribution >= 0.6 is 0 Å². The molecule has 0 unspecified atom stereocenters. The molecule has 0 atom stereocenters. The molecule has 0 aromatic carbocycles. The van der Waals surface area contributed by atoms with Crippen LogP contribution in [0.2, 0.25) is 0 Å². The molecule has 1 aliphatic carbocycles. The quantitative estimate of drug-likeness (QED) is 0.816. The highest BCUT2D eigenvalue weighted by atomic mass is 15.2. The second kappa shape index (κ2) is 5.45. The predicted molar refractivity (Wildman–Crippen MR) is 70.2 cm³/mol. The lowest BCUT2D eigenvalue weighted by molar-refractivity contribution is 0.668. The Hall–Kier alpha value is -1.16. The minimum atomic E-state index is 0.724. The summed E-state index contributed by atoms with van der Waals surface area (Å²) < 4.78 is 0. The van der Waals surface area contributed by atoms with Gasteiger partial charge in [0.1, 0.15) is 0 Å². The summed E-state index contributed by atoms with van der Waals surface area (Å²) in [5.74, 6) is 0.864. The molecule has 0 spiro atoms. The van der Waals surface area contributed by atoms with Gasteiger partial charge in [-0.2, -0.15) is 0 Å². The minimum Gasteiger partial charge on any atom is -0.341 e. The normalized spacial score (nSPS) is 15.0. The second-order valence-electron chi connectivity index (χ2n) is 4.63. The van der Waals surface area contributed by atoms with E-state index < -0.39 is 0 Å². The Balaban J connectivity index is 2.09. The molecule has 0 aliphatic heterocycles. The first-order chi connectivity index (χ1) is 8.22. The van der Waals surface area contributed by atoms with E-state index in [1.807, 2.05) is 6.92 Å². The van der Waals surface area contributed by atoms with Crippen LogP contribution in [0.4, 0.5) is 5.95 Å². The Kier molecular flexibility index (Phi) is 3.94. The van der Waals surface area contributed by atoms with Crippen LogP contribution in [0.5, 0.6) is 0 Å². The van der Waals surface area contributed by atoms with Gasteiger partial charge in [-0.1, -0.05) is 0 Å². The van der Waals surface area contributed by atoms with Crippen molar-refractivity contribution in [1.82, 2.24) is 15.3 Å². The topological polar surface area (TPSA) is 41.1 Å². The van der Waals surface area contributed by atoms with Crippen molar-refractivity contribution in [3.8, 4) is 0 Å². The van der Waals surface area contributed by atoms with Crippen molar-refractivity contribution in [3.63, 3.8) is 0 Å². The van der Waals surface area contributed by atoms with Crippen LogP contribution in [0.15, 0.2) is 6.07 Å². The Morgan fingerprint density at radius 2 is 2.00 bits per heavy atom. The van der Waals surface area contributed by atoms with E-state index in [9.17, 15) is 0 Å². The smallest absolute Gasteiger partial charge is 0.225 e. The van der Waals surface area contributed by atoms with Crippen LogP contribution in [-0.2, 0) is 6.54 Å². The molecule has 0 radical (unpaired) electrons. The molecule has 4 heteroatoms. The van der Waals surface area contributed by atoms with E-state index in [4.69, 9.17) is 0 Å². The van der Waals surface area contributed by atoms with Crippen molar-refractivity contribution in [2.75, 3.05) is 18.0 Å². The third kappa shape index (κ3) is 3.40. The molecular weight excluding hydrogens is 212 g/mol. The number of aryl methyl sites for hydroxylation is 1. The van der Waals surface area contributed by atoms with Gasteiger partial charge in [0, 0.05) is 31.4 Å². The first-order valence-corrected chi connectivity index (χ1v) is 6.55. The molecule has 94 valence electrons. The number of hydrogen-bond acceptors (Lipinski definition) is 4. The van der Waals surface area contributed by atoms with Crippen LogP contribution in [0.3, 0.4) is 0 Å². The summed E-state index contributed by atoms with van der Waals surface area (Å²) in [7, 11) is 0. The fourth-order valence-corrected chi connectivity index (χ4v) is 1.89. The fraction of sp³-hybridized carbons (Fsp3) is 0.692. The lowest BCUT2D eigenvalue weighted by Crippen LogP contribution is -2.25. The van der Waals surface area contributed by atoms with Crippen LogP contribution in [0.25, 0.3) is 0 Å². The molecule has 1 heterocycles. The maximum atomic E-state index is 4.63. The number of nitrogens with zero attached hydrogens (tertiary/aromatic N) is 3. The average Bonchev–Trinajstić information content (AvgIpc) is 3.11. The minimum absolute atomic E-state index is 0.724. The standard InChI is InChI=1S/C13H22N4/c1-4-17(5-2)13-15-10(3)8-12(16-13)9-14-11-6-7-11/h8,11,14H,4-7,9H2,1-3H3. The maximum Gasteiger partial charge on any atom is 0.225 e. The first kappa shape index (κ1) is 12.3. The molecule has 1 aromatic rings. The fourth-order valence-electron chi connectivity index (χ4n) is 1.89. The number of aromatic nitrogens is 2. The highest BCUT2D eigenvalue weighted by Gasteiger charge is 2.20. The van der Waals surface area contributed by atoms with Crippen LogP contribution in [0.1, 0.15) is 38.1 Å². The molecule has 1 fully saturated rings. The number of anilines is 1. The molecule has 0 amide bonds. The van der Waals surface area contributed by atoms with E-state index in [0.717, 1.165) is 43.0 Å². The molecular formula is C13H22N4. The van der Waals surface area contributed by atoms with Crippen molar-refractivity contribution in [2.45, 2.75) is 46.2 Å². The van der Waals surface area contributed by atoms with Gasteiger partial charge in [0.2, 0.25) is 5.95 Å². The predicted octanol–water partition coefficient (Wildman–Crippen LogP) is 1.88. The van der Waals surface area contributed by atoms with Gasteiger partial charge in [0.15, 0.2) is 0 Å². The average molecular weight is 234 g/mol. The van der Waals surface area contributed by atoms with Gasteiger partial charge in [-0.3, -0.25) is 0 Å². The summed E-state index contributed by atoms with van der Waals surface area (Å²) >= 11 is 0. The zero-order valence-electron chi connectivity index (χ0n) is 11.0. The zero-order valence-corrected chi connectivity index (χ0v) is 11.0. The van der Waals surface area contributed by atoms with Crippen molar-refractivity contribution in [1.29, 1.82) is 0 Å². The molecule has 1 saturated carbocycles. The Bertz CT molecular complexity index is 370. The molecule has 1 aromatic heterocycles. The summed E-state index contributed by atoms with van der Waals surface area (Å²) in [6, 6.07) is 2.80. The van der Waals surface area contributed by atoms with Crippen molar-refractivity contribution < 1.29 is 0 Å². The summed E-state index contributed by atoms with van der Waals surface area (Å²) in [5.41, 5.74) is 2.15. The third-order valence-electron chi connectivity index (χ3n) is 3.09. The molecule has 1 aliphatic rings. The molecule has 4 nitrogen and oxygen atoms in total. The summed E-state index contributed by atoms with van der Waals surface area (Å²) in [6.45, 7) is 9.08. The Labute approximate surface area is 103 Å². The summed E-state index contributed by atoms with van der Waals surface area (Å²) in [4.78, 5) is 11.3. The van der Waals surface area contributed by atoms with E-state index >= 15 is 0 Å². The second-order valence-corrected chi connectivity index (χ2v) is 4.63. The van der Waals surface area contributed by atoms with Gasteiger partial charge in [-0.05, 0) is 39.7 Å². The van der Waals surface area contributed by atoms with Crippen molar-refractivity contribution in [3.05, 3.63) is 17.5 Å². The van der Waals surface area contributed by atoms with E-state index in [0.29, 0.717) is 0 Å². The van der Waals surface area contributed by atoms with Gasteiger partial charge in [-0.25, -0.2) is 9.97 Å². The van der Waals surface area contributed by atoms with E-state index in [2.05, 4.69) is 40.1 Å². The highest BCUT2D eigenvalue weighted by molar-refractivity contribution is 5.31. The molecule has 0 saturated heterocycles. The first-order valence-electron chi connectivity index (χ1n) is 6.55. The van der Waals surface area contributed by atoms with E-state index in [-0.39, 0.29) is 0 Å². The van der Waals surface area contributed by atoms with Crippen molar-refractivity contribution >= 4 is 5.95 Å². The molecule has 2 rings (SSSR count). The van der Waals surface area contributed by atoms with Gasteiger partial charge in [0.25, 0.3) is 0 Å². The zero-order chi connectivity index (χ0) is 12.3. The maximum absolute atomic E-state index is 4.63. The highest BCUT2D eigenvalue weighted by Crippen LogP contribution is 2.19. The lowest BCUT2D eigenvalue weighted by Gasteiger charge is -2.19. The van der Waals surface area contributed by atoms with Gasteiger partial charge in [0.05, 0.1) is 5.69 Å². The number of nitrogens with one attached hydrogen (secondary N) is 1. The van der Waals surface area contributed by atoms with E-state index in [1.165, 1.54) is 12.8 Å². The summed E-state index contributed by atoms with van der Waals surface area (Å²) in [5, 5.41) is 3.49. The Morgan fingerprint density at radius 1 is 1.29 bits per heavy atom. The third-order valence-corrected chi connectivity index (χ3v) is 3.09. The summed E-state index contributed by atoms with van der Waals surface area (Å²) in [6.07, 6.45) is 2.62. The molecule has 17 heavy (non-hydrogen) atoms. The SMILES string of the molecule is CCN(CC)c1nc(C)cc(CNC2CC2)n1. The van der Waals surface area contributed by atoms with Gasteiger partial charge < -0.3 is 10.2 Å².